The van der Waals surface area contributed by atoms with Gasteiger partial charge in [-0.1, -0.05) is 22.0 Å². The summed E-state index contributed by atoms with van der Waals surface area (Å²) in [6, 6.07) is 4.87. The number of ether oxygens (including phenoxy) is 1. The summed E-state index contributed by atoms with van der Waals surface area (Å²) >= 11 is 3.42. The minimum Gasteiger partial charge on any atom is -0.370 e. The van der Waals surface area contributed by atoms with E-state index in [9.17, 15) is 4.39 Å². The number of nitrogens with zero attached hydrogens (tertiary/aromatic N) is 1. The molecule has 0 aliphatic carbocycles. The highest BCUT2D eigenvalue weighted by molar-refractivity contribution is 9.10. The zero-order chi connectivity index (χ0) is 13.3. The van der Waals surface area contributed by atoms with Gasteiger partial charge in [0.2, 0.25) is 0 Å². The lowest BCUT2D eigenvalue weighted by molar-refractivity contribution is -0.130. The monoisotopic (exact) mass is 315 g/mol. The molecule has 1 aliphatic rings. The Morgan fingerprint density at radius 2 is 2.22 bits per heavy atom. The van der Waals surface area contributed by atoms with Gasteiger partial charge in [0.25, 0.3) is 0 Å². The molecule has 1 unspecified atom stereocenters. The maximum atomic E-state index is 13.0. The van der Waals surface area contributed by atoms with E-state index >= 15 is 0 Å². The first-order valence-corrected chi connectivity index (χ1v) is 6.99. The van der Waals surface area contributed by atoms with Crippen molar-refractivity contribution in [2.75, 3.05) is 13.1 Å². The first kappa shape index (κ1) is 14.0. The Labute approximate surface area is 116 Å². The van der Waals surface area contributed by atoms with Crippen molar-refractivity contribution in [3.63, 3.8) is 0 Å². The molecule has 1 fully saturated rings. The summed E-state index contributed by atoms with van der Waals surface area (Å²) in [5.41, 5.74) is 0.991. The van der Waals surface area contributed by atoms with Crippen LogP contribution in [0.15, 0.2) is 22.7 Å². The van der Waals surface area contributed by atoms with E-state index in [2.05, 4.69) is 41.6 Å². The van der Waals surface area contributed by atoms with Crippen LogP contribution >= 0.6 is 15.9 Å². The third-order valence-electron chi connectivity index (χ3n) is 3.05. The molecule has 1 aromatic carbocycles. The molecule has 100 valence electrons. The molecule has 0 spiro atoms. The maximum absolute atomic E-state index is 13.0. The Morgan fingerprint density at radius 1 is 1.50 bits per heavy atom. The Morgan fingerprint density at radius 3 is 2.83 bits per heavy atom. The molecule has 2 nitrogen and oxygen atoms in total. The van der Waals surface area contributed by atoms with Crippen molar-refractivity contribution in [2.45, 2.75) is 39.0 Å². The molecule has 1 saturated heterocycles. The van der Waals surface area contributed by atoms with Crippen LogP contribution in [0.4, 0.5) is 4.39 Å². The average Bonchev–Trinajstić information content (AvgIpc) is 2.19. The van der Waals surface area contributed by atoms with Crippen molar-refractivity contribution in [2.24, 2.45) is 0 Å². The van der Waals surface area contributed by atoms with Gasteiger partial charge < -0.3 is 4.74 Å². The van der Waals surface area contributed by atoms with Crippen LogP contribution in [0.3, 0.4) is 0 Å². The van der Waals surface area contributed by atoms with Crippen molar-refractivity contribution in [3.05, 3.63) is 34.1 Å². The van der Waals surface area contributed by atoms with Crippen molar-refractivity contribution in [1.82, 2.24) is 4.90 Å². The predicted molar refractivity (Wildman–Crippen MR) is 74.0 cm³/mol. The largest absolute Gasteiger partial charge is 0.370 e. The molecule has 1 aromatic rings. The highest BCUT2D eigenvalue weighted by Gasteiger charge is 2.31. The summed E-state index contributed by atoms with van der Waals surface area (Å²) in [7, 11) is 0. The molecule has 18 heavy (non-hydrogen) atoms. The lowest BCUT2D eigenvalue weighted by atomic mass is 10.0. The molecule has 0 N–H and O–H groups in total. The molecule has 0 amide bonds. The summed E-state index contributed by atoms with van der Waals surface area (Å²) in [6.45, 7) is 8.92. The lowest BCUT2D eigenvalue weighted by Gasteiger charge is -2.41. The molecule has 1 aliphatic heterocycles. The van der Waals surface area contributed by atoms with Crippen LogP contribution in [0.5, 0.6) is 0 Å². The smallest absolute Gasteiger partial charge is 0.124 e. The van der Waals surface area contributed by atoms with E-state index in [1.807, 2.05) is 6.07 Å². The normalized spacial score (nSPS) is 24.2. The predicted octanol–water partition coefficient (Wildman–Crippen LogP) is 3.59. The lowest BCUT2D eigenvalue weighted by Crippen LogP contribution is -2.51. The van der Waals surface area contributed by atoms with Crippen LogP contribution in [-0.2, 0) is 11.3 Å². The molecule has 2 rings (SSSR count). The van der Waals surface area contributed by atoms with Crippen LogP contribution in [0.2, 0.25) is 0 Å². The SMILES string of the molecule is CC1CN(Cc2ccc(F)cc2Br)CC(C)(C)O1. The molecule has 4 heteroatoms. The number of hydrogen-bond donors (Lipinski definition) is 0. The third kappa shape index (κ3) is 3.53. The number of halogens is 2. The van der Waals surface area contributed by atoms with Gasteiger partial charge in [0.1, 0.15) is 5.82 Å². The van der Waals surface area contributed by atoms with E-state index in [0.717, 1.165) is 29.7 Å². The second-order valence-electron chi connectivity index (χ2n) is 5.59. The van der Waals surface area contributed by atoms with Crippen molar-refractivity contribution in [3.8, 4) is 0 Å². The van der Waals surface area contributed by atoms with E-state index < -0.39 is 0 Å². The summed E-state index contributed by atoms with van der Waals surface area (Å²) in [5.74, 6) is -0.207. The quantitative estimate of drug-likeness (QED) is 0.827. The standard InChI is InChI=1S/C14H19BrFNO/c1-10-7-17(9-14(2,3)18-10)8-11-4-5-12(16)6-13(11)15/h4-6,10H,7-9H2,1-3H3. The summed E-state index contributed by atoms with van der Waals surface area (Å²) < 4.78 is 19.8. The van der Waals surface area contributed by atoms with Crippen LogP contribution in [0.1, 0.15) is 26.3 Å². The molecule has 1 heterocycles. The molecule has 0 aromatic heterocycles. The van der Waals surface area contributed by atoms with E-state index in [-0.39, 0.29) is 17.5 Å². The Kier molecular flexibility index (Phi) is 4.09. The van der Waals surface area contributed by atoms with Gasteiger partial charge in [-0.15, -0.1) is 0 Å². The number of hydrogen-bond acceptors (Lipinski definition) is 2. The molecular formula is C14H19BrFNO. The van der Waals surface area contributed by atoms with Gasteiger partial charge in [-0.2, -0.15) is 0 Å². The second-order valence-corrected chi connectivity index (χ2v) is 6.45. The number of benzene rings is 1. The number of morpholine rings is 1. The minimum atomic E-state index is -0.207. The highest BCUT2D eigenvalue weighted by atomic mass is 79.9. The fraction of sp³-hybridized carbons (Fsp3) is 0.571. The van der Waals surface area contributed by atoms with E-state index in [1.165, 1.54) is 12.1 Å². The Bertz CT molecular complexity index is 436. The van der Waals surface area contributed by atoms with Crippen molar-refractivity contribution >= 4 is 15.9 Å². The van der Waals surface area contributed by atoms with Crippen LogP contribution in [-0.4, -0.2) is 29.7 Å². The topological polar surface area (TPSA) is 12.5 Å². The van der Waals surface area contributed by atoms with E-state index in [0.29, 0.717) is 0 Å². The molecular weight excluding hydrogens is 297 g/mol. The molecule has 0 bridgehead atoms. The zero-order valence-electron chi connectivity index (χ0n) is 11.0. The van der Waals surface area contributed by atoms with E-state index in [1.54, 1.807) is 0 Å². The zero-order valence-corrected chi connectivity index (χ0v) is 12.6. The van der Waals surface area contributed by atoms with Crippen molar-refractivity contribution in [1.29, 1.82) is 0 Å². The summed E-state index contributed by atoms with van der Waals surface area (Å²) in [4.78, 5) is 2.35. The van der Waals surface area contributed by atoms with Crippen molar-refractivity contribution < 1.29 is 9.13 Å². The van der Waals surface area contributed by atoms with Gasteiger partial charge in [0.05, 0.1) is 11.7 Å². The van der Waals surface area contributed by atoms with Gasteiger partial charge in [0, 0.05) is 24.1 Å². The summed E-state index contributed by atoms with van der Waals surface area (Å²) in [5, 5.41) is 0. The molecule has 1 atom stereocenters. The van der Waals surface area contributed by atoms with Gasteiger partial charge in [-0.05, 0) is 38.5 Å². The van der Waals surface area contributed by atoms with E-state index in [4.69, 9.17) is 4.74 Å². The van der Waals surface area contributed by atoms with Crippen LogP contribution < -0.4 is 0 Å². The Balaban J connectivity index is 2.09. The van der Waals surface area contributed by atoms with Gasteiger partial charge in [0.15, 0.2) is 0 Å². The Hall–Kier alpha value is -0.450. The minimum absolute atomic E-state index is 0.121. The average molecular weight is 316 g/mol. The number of rotatable bonds is 2. The second kappa shape index (κ2) is 5.27. The highest BCUT2D eigenvalue weighted by Crippen LogP contribution is 2.25. The fourth-order valence-corrected chi connectivity index (χ4v) is 3.07. The third-order valence-corrected chi connectivity index (χ3v) is 3.79. The van der Waals surface area contributed by atoms with Crippen LogP contribution in [0, 0.1) is 5.82 Å². The molecule has 0 saturated carbocycles. The fourth-order valence-electron chi connectivity index (χ4n) is 2.60. The van der Waals surface area contributed by atoms with Gasteiger partial charge in [-0.3, -0.25) is 4.90 Å². The first-order chi connectivity index (χ1) is 8.35. The molecule has 0 radical (unpaired) electrons. The van der Waals surface area contributed by atoms with Gasteiger partial charge in [-0.25, -0.2) is 4.39 Å². The summed E-state index contributed by atoms with van der Waals surface area (Å²) in [6.07, 6.45) is 0.230. The van der Waals surface area contributed by atoms with Crippen LogP contribution in [0.25, 0.3) is 0 Å². The van der Waals surface area contributed by atoms with Gasteiger partial charge >= 0.3 is 0 Å². The maximum Gasteiger partial charge on any atom is 0.124 e. The first-order valence-electron chi connectivity index (χ1n) is 6.20.